The Morgan fingerprint density at radius 2 is 1.65 bits per heavy atom. The molecular formula is C18H21ClN2O3S2. The number of carbonyl (C=O) groups is 1. The van der Waals surface area contributed by atoms with Crippen molar-refractivity contribution in [2.75, 3.05) is 5.32 Å². The minimum atomic E-state index is -3.55. The third-order valence-electron chi connectivity index (χ3n) is 3.33. The summed E-state index contributed by atoms with van der Waals surface area (Å²) in [4.78, 5) is 13.3. The summed E-state index contributed by atoms with van der Waals surface area (Å²) in [5.41, 5.74) is 0.533. The zero-order valence-corrected chi connectivity index (χ0v) is 17.1. The Morgan fingerprint density at radius 3 is 2.23 bits per heavy atom. The van der Waals surface area contributed by atoms with E-state index < -0.39 is 10.0 Å². The summed E-state index contributed by atoms with van der Waals surface area (Å²) in [6.45, 7) is 5.29. The first kappa shape index (κ1) is 20.8. The average molecular weight is 413 g/mol. The number of hydrogen-bond acceptors (Lipinski definition) is 4. The van der Waals surface area contributed by atoms with Crippen LogP contribution in [0.3, 0.4) is 0 Å². The van der Waals surface area contributed by atoms with Crippen molar-refractivity contribution in [1.29, 1.82) is 0 Å². The molecule has 140 valence electrons. The van der Waals surface area contributed by atoms with Crippen LogP contribution in [0.2, 0.25) is 5.02 Å². The smallest absolute Gasteiger partial charge is 0.240 e. The van der Waals surface area contributed by atoms with Crippen LogP contribution in [-0.2, 0) is 14.8 Å². The van der Waals surface area contributed by atoms with Crippen molar-refractivity contribution in [3.63, 3.8) is 0 Å². The quantitative estimate of drug-likeness (QED) is 0.670. The van der Waals surface area contributed by atoms with Gasteiger partial charge in [-0.15, -0.1) is 11.8 Å². The second-order valence-electron chi connectivity index (χ2n) is 5.98. The Kier molecular flexibility index (Phi) is 7.11. The molecule has 1 unspecified atom stereocenters. The maximum absolute atomic E-state index is 12.3. The lowest BCUT2D eigenvalue weighted by atomic mass is 10.3. The van der Waals surface area contributed by atoms with Crippen LogP contribution >= 0.6 is 23.4 Å². The highest BCUT2D eigenvalue weighted by Crippen LogP contribution is 2.30. The molecule has 0 aliphatic heterocycles. The van der Waals surface area contributed by atoms with Crippen molar-refractivity contribution >= 4 is 45.0 Å². The van der Waals surface area contributed by atoms with Crippen LogP contribution < -0.4 is 10.0 Å². The molecule has 0 radical (unpaired) electrons. The molecule has 0 aliphatic rings. The molecule has 0 aromatic heterocycles. The number of sulfonamides is 1. The van der Waals surface area contributed by atoms with Crippen LogP contribution in [0.5, 0.6) is 0 Å². The van der Waals surface area contributed by atoms with Gasteiger partial charge in [-0.3, -0.25) is 4.79 Å². The van der Waals surface area contributed by atoms with E-state index in [9.17, 15) is 13.2 Å². The third kappa shape index (κ3) is 5.74. The van der Waals surface area contributed by atoms with Crippen molar-refractivity contribution < 1.29 is 13.2 Å². The van der Waals surface area contributed by atoms with E-state index in [2.05, 4.69) is 10.0 Å². The van der Waals surface area contributed by atoms with Gasteiger partial charge < -0.3 is 5.32 Å². The van der Waals surface area contributed by atoms with Crippen molar-refractivity contribution in [2.45, 2.75) is 41.9 Å². The van der Waals surface area contributed by atoms with E-state index in [1.807, 2.05) is 18.2 Å². The zero-order chi connectivity index (χ0) is 19.3. The van der Waals surface area contributed by atoms with Crippen LogP contribution in [0, 0.1) is 0 Å². The van der Waals surface area contributed by atoms with E-state index in [4.69, 9.17) is 11.6 Å². The molecule has 26 heavy (non-hydrogen) atoms. The lowest BCUT2D eigenvalue weighted by Gasteiger charge is -2.13. The topological polar surface area (TPSA) is 75.3 Å². The Bertz CT molecular complexity index is 868. The molecule has 0 saturated heterocycles. The fourth-order valence-corrected chi connectivity index (χ4v) is 4.53. The van der Waals surface area contributed by atoms with Gasteiger partial charge in [0.05, 0.1) is 15.2 Å². The van der Waals surface area contributed by atoms with E-state index in [0.717, 1.165) is 4.90 Å². The molecule has 2 aromatic rings. The number of amides is 1. The molecule has 2 rings (SSSR count). The molecule has 0 saturated carbocycles. The van der Waals surface area contributed by atoms with Crippen LogP contribution in [0.4, 0.5) is 5.69 Å². The summed E-state index contributed by atoms with van der Waals surface area (Å²) in [5.74, 6) is -0.189. The number of rotatable bonds is 7. The number of nitrogens with one attached hydrogen (secondary N) is 2. The maximum Gasteiger partial charge on any atom is 0.240 e. The standard InChI is InChI=1S/C18H21ClN2O3S2/c1-12(2)21-26(23,24)15-10-8-14(9-11-15)20-18(22)13(3)25-17-7-5-4-6-16(17)19/h4-13,21H,1-3H3,(H,20,22). The summed E-state index contributed by atoms with van der Waals surface area (Å²) < 4.78 is 26.7. The van der Waals surface area contributed by atoms with Gasteiger partial charge in [0.2, 0.25) is 15.9 Å². The Balaban J connectivity index is 2.02. The molecule has 0 bridgehead atoms. The van der Waals surface area contributed by atoms with Crippen molar-refractivity contribution in [1.82, 2.24) is 4.72 Å². The molecule has 0 aliphatic carbocycles. The maximum atomic E-state index is 12.3. The van der Waals surface area contributed by atoms with Gasteiger partial charge >= 0.3 is 0 Å². The van der Waals surface area contributed by atoms with Gasteiger partial charge in [-0.2, -0.15) is 0 Å². The first-order valence-electron chi connectivity index (χ1n) is 8.03. The first-order chi connectivity index (χ1) is 12.2. The Morgan fingerprint density at radius 1 is 1.04 bits per heavy atom. The van der Waals surface area contributed by atoms with Crippen LogP contribution in [0.15, 0.2) is 58.3 Å². The van der Waals surface area contributed by atoms with Gasteiger partial charge in [0.15, 0.2) is 0 Å². The van der Waals surface area contributed by atoms with Gasteiger partial charge in [0.1, 0.15) is 0 Å². The van der Waals surface area contributed by atoms with E-state index >= 15 is 0 Å². The third-order valence-corrected chi connectivity index (χ3v) is 6.63. The molecule has 1 amide bonds. The largest absolute Gasteiger partial charge is 0.325 e. The monoisotopic (exact) mass is 412 g/mol. The summed E-state index contributed by atoms with van der Waals surface area (Å²) >= 11 is 7.48. The van der Waals surface area contributed by atoms with Crippen molar-refractivity contribution in [3.8, 4) is 0 Å². The molecule has 5 nitrogen and oxygen atoms in total. The fraction of sp³-hybridized carbons (Fsp3) is 0.278. The molecule has 2 N–H and O–H groups in total. The number of hydrogen-bond donors (Lipinski definition) is 2. The lowest BCUT2D eigenvalue weighted by molar-refractivity contribution is -0.115. The summed E-state index contributed by atoms with van der Waals surface area (Å²) in [6.07, 6.45) is 0. The number of benzene rings is 2. The number of carbonyl (C=O) groups excluding carboxylic acids is 1. The highest BCUT2D eigenvalue weighted by Gasteiger charge is 2.18. The average Bonchev–Trinajstić information content (AvgIpc) is 2.56. The minimum absolute atomic E-state index is 0.155. The zero-order valence-electron chi connectivity index (χ0n) is 14.7. The molecule has 0 fully saturated rings. The summed E-state index contributed by atoms with van der Waals surface area (Å²) in [7, 11) is -3.55. The molecule has 8 heteroatoms. The lowest BCUT2D eigenvalue weighted by Crippen LogP contribution is -2.30. The summed E-state index contributed by atoms with van der Waals surface area (Å²) in [6, 6.07) is 13.2. The SMILES string of the molecule is CC(C)NS(=O)(=O)c1ccc(NC(=O)C(C)Sc2ccccc2Cl)cc1. The van der Waals surface area contributed by atoms with Gasteiger partial charge in [-0.1, -0.05) is 23.7 Å². The number of thioether (sulfide) groups is 1. The predicted molar refractivity (Wildman–Crippen MR) is 107 cm³/mol. The van der Waals surface area contributed by atoms with Crippen molar-refractivity contribution in [2.24, 2.45) is 0 Å². The molecule has 0 heterocycles. The van der Waals surface area contributed by atoms with Gasteiger partial charge in [0.25, 0.3) is 0 Å². The second kappa shape index (κ2) is 8.90. The van der Waals surface area contributed by atoms with E-state index in [-0.39, 0.29) is 22.1 Å². The van der Waals surface area contributed by atoms with Crippen LogP contribution in [-0.4, -0.2) is 25.6 Å². The van der Waals surface area contributed by atoms with Gasteiger partial charge in [-0.25, -0.2) is 13.1 Å². The predicted octanol–water partition coefficient (Wildman–Crippen LogP) is 4.15. The molecular weight excluding hydrogens is 392 g/mol. The van der Waals surface area contributed by atoms with Crippen LogP contribution in [0.1, 0.15) is 20.8 Å². The fourth-order valence-electron chi connectivity index (χ4n) is 2.12. The second-order valence-corrected chi connectivity index (χ2v) is 9.48. The summed E-state index contributed by atoms with van der Waals surface area (Å²) in [5, 5.41) is 3.02. The highest BCUT2D eigenvalue weighted by atomic mass is 35.5. The molecule has 0 spiro atoms. The normalized spacial score (nSPS) is 12.8. The van der Waals surface area contributed by atoms with Crippen LogP contribution in [0.25, 0.3) is 0 Å². The van der Waals surface area contributed by atoms with Gasteiger partial charge in [-0.05, 0) is 57.2 Å². The molecule has 1 atom stereocenters. The minimum Gasteiger partial charge on any atom is -0.325 e. The number of anilines is 1. The number of halogens is 1. The highest BCUT2D eigenvalue weighted by molar-refractivity contribution is 8.00. The Labute approximate surface area is 163 Å². The first-order valence-corrected chi connectivity index (χ1v) is 10.8. The van der Waals surface area contributed by atoms with E-state index in [1.165, 1.54) is 23.9 Å². The Hall–Kier alpha value is -1.54. The van der Waals surface area contributed by atoms with Gasteiger partial charge in [0, 0.05) is 16.6 Å². The van der Waals surface area contributed by atoms with E-state index in [0.29, 0.717) is 10.7 Å². The van der Waals surface area contributed by atoms with E-state index in [1.54, 1.807) is 39.0 Å². The van der Waals surface area contributed by atoms with Crippen molar-refractivity contribution in [3.05, 3.63) is 53.6 Å². The molecule has 2 aromatic carbocycles.